The summed E-state index contributed by atoms with van der Waals surface area (Å²) in [4.78, 5) is 11.0. The number of carbonyl (C=O) groups excluding carboxylic acids is 1. The van der Waals surface area contributed by atoms with Crippen molar-refractivity contribution in [3.8, 4) is 5.75 Å². The van der Waals surface area contributed by atoms with E-state index in [1.165, 1.54) is 71.1 Å². The minimum atomic E-state index is -0.0808. The second-order valence-corrected chi connectivity index (χ2v) is 7.81. The normalized spacial score (nSPS) is 10.9. The highest BCUT2D eigenvalue weighted by Crippen LogP contribution is 2.15. The van der Waals surface area contributed by atoms with Crippen LogP contribution in [-0.4, -0.2) is 38.9 Å². The van der Waals surface area contributed by atoms with Crippen molar-refractivity contribution < 1.29 is 19.0 Å². The SMILES string of the molecule is CCCCCCCCCCCCCOCCOCCOc1ccc(NC(C)=O)cc1. The van der Waals surface area contributed by atoms with Crippen molar-refractivity contribution in [2.24, 2.45) is 0 Å². The summed E-state index contributed by atoms with van der Waals surface area (Å²) in [5.74, 6) is 0.684. The van der Waals surface area contributed by atoms with Crippen molar-refractivity contribution in [3.63, 3.8) is 0 Å². The molecule has 0 radical (unpaired) electrons. The third kappa shape index (κ3) is 16.2. The number of ether oxygens (including phenoxy) is 3. The van der Waals surface area contributed by atoms with Gasteiger partial charge in [-0.2, -0.15) is 0 Å². The average Bonchev–Trinajstić information content (AvgIpc) is 2.73. The molecule has 0 saturated heterocycles. The molecule has 1 aromatic carbocycles. The number of carbonyl (C=O) groups is 1. The Morgan fingerprint density at radius 3 is 1.77 bits per heavy atom. The van der Waals surface area contributed by atoms with Crippen LogP contribution in [0.1, 0.15) is 84.5 Å². The summed E-state index contributed by atoms with van der Waals surface area (Å²) in [5.41, 5.74) is 0.765. The quantitative estimate of drug-likeness (QED) is 0.249. The molecule has 5 nitrogen and oxygen atoms in total. The molecule has 172 valence electrons. The highest BCUT2D eigenvalue weighted by Gasteiger charge is 1.98. The molecule has 1 rings (SSSR count). The number of hydrogen-bond acceptors (Lipinski definition) is 4. The van der Waals surface area contributed by atoms with Gasteiger partial charge in [-0.15, -0.1) is 0 Å². The van der Waals surface area contributed by atoms with Gasteiger partial charge in [0, 0.05) is 19.2 Å². The van der Waals surface area contributed by atoms with Crippen LogP contribution in [0.5, 0.6) is 5.75 Å². The second kappa shape index (κ2) is 19.4. The Kier molecular flexibility index (Phi) is 17.1. The van der Waals surface area contributed by atoms with Crippen LogP contribution in [0, 0.1) is 0 Å². The van der Waals surface area contributed by atoms with E-state index in [1.807, 2.05) is 24.3 Å². The number of rotatable bonds is 20. The van der Waals surface area contributed by atoms with Crippen molar-refractivity contribution in [1.29, 1.82) is 0 Å². The van der Waals surface area contributed by atoms with E-state index in [9.17, 15) is 4.79 Å². The van der Waals surface area contributed by atoms with E-state index in [0.29, 0.717) is 26.4 Å². The van der Waals surface area contributed by atoms with Crippen LogP contribution in [-0.2, 0) is 14.3 Å². The van der Waals surface area contributed by atoms with Gasteiger partial charge in [0.15, 0.2) is 0 Å². The molecule has 0 spiro atoms. The molecule has 0 heterocycles. The number of anilines is 1. The fraction of sp³-hybridized carbons (Fsp3) is 0.720. The molecule has 0 aliphatic heterocycles. The summed E-state index contributed by atoms with van der Waals surface area (Å²) in [5, 5.41) is 2.73. The summed E-state index contributed by atoms with van der Waals surface area (Å²) < 4.78 is 16.8. The maximum absolute atomic E-state index is 11.0. The van der Waals surface area contributed by atoms with Gasteiger partial charge in [-0.3, -0.25) is 4.79 Å². The number of nitrogens with one attached hydrogen (secondary N) is 1. The lowest BCUT2D eigenvalue weighted by Gasteiger charge is -2.09. The fourth-order valence-electron chi connectivity index (χ4n) is 3.25. The molecule has 0 bridgehead atoms. The van der Waals surface area contributed by atoms with Crippen LogP contribution >= 0.6 is 0 Å². The Balaban J connectivity index is 1.79. The minimum Gasteiger partial charge on any atom is -0.491 e. The molecule has 0 saturated carbocycles. The van der Waals surface area contributed by atoms with Crippen LogP contribution in [0.4, 0.5) is 5.69 Å². The zero-order valence-electron chi connectivity index (χ0n) is 19.3. The van der Waals surface area contributed by atoms with Gasteiger partial charge in [0.2, 0.25) is 5.91 Å². The van der Waals surface area contributed by atoms with Crippen LogP contribution in [0.3, 0.4) is 0 Å². The molecule has 1 amide bonds. The van der Waals surface area contributed by atoms with E-state index in [4.69, 9.17) is 14.2 Å². The highest BCUT2D eigenvalue weighted by atomic mass is 16.5. The van der Waals surface area contributed by atoms with E-state index >= 15 is 0 Å². The molecule has 0 fully saturated rings. The van der Waals surface area contributed by atoms with Gasteiger partial charge in [-0.25, -0.2) is 0 Å². The number of amides is 1. The lowest BCUT2D eigenvalue weighted by atomic mass is 10.1. The van der Waals surface area contributed by atoms with Crippen LogP contribution in [0.2, 0.25) is 0 Å². The van der Waals surface area contributed by atoms with Crippen LogP contribution in [0.15, 0.2) is 24.3 Å². The van der Waals surface area contributed by atoms with Gasteiger partial charge in [0.1, 0.15) is 12.4 Å². The Morgan fingerprint density at radius 1 is 0.700 bits per heavy atom. The molecule has 0 atom stereocenters. The van der Waals surface area contributed by atoms with Crippen LogP contribution < -0.4 is 10.1 Å². The van der Waals surface area contributed by atoms with Crippen molar-refractivity contribution in [2.75, 3.05) is 38.4 Å². The zero-order chi connectivity index (χ0) is 21.7. The summed E-state index contributed by atoms with van der Waals surface area (Å²) in [6, 6.07) is 7.31. The Labute approximate surface area is 183 Å². The van der Waals surface area contributed by atoms with Gasteiger partial charge in [-0.1, -0.05) is 71.1 Å². The maximum atomic E-state index is 11.0. The van der Waals surface area contributed by atoms with E-state index in [-0.39, 0.29) is 5.91 Å². The molecule has 0 aliphatic carbocycles. The van der Waals surface area contributed by atoms with Gasteiger partial charge in [0.25, 0.3) is 0 Å². The minimum absolute atomic E-state index is 0.0808. The molecule has 0 unspecified atom stereocenters. The Hall–Kier alpha value is -1.59. The first-order valence-electron chi connectivity index (χ1n) is 11.9. The first-order chi connectivity index (χ1) is 14.7. The van der Waals surface area contributed by atoms with Gasteiger partial charge in [-0.05, 0) is 30.7 Å². The van der Waals surface area contributed by atoms with Crippen molar-refractivity contribution in [2.45, 2.75) is 84.5 Å². The highest BCUT2D eigenvalue weighted by molar-refractivity contribution is 5.88. The molecule has 30 heavy (non-hydrogen) atoms. The molecule has 1 aromatic rings. The van der Waals surface area contributed by atoms with E-state index in [0.717, 1.165) is 24.5 Å². The largest absolute Gasteiger partial charge is 0.491 e. The van der Waals surface area contributed by atoms with Crippen molar-refractivity contribution >= 4 is 11.6 Å². The smallest absolute Gasteiger partial charge is 0.221 e. The summed E-state index contributed by atoms with van der Waals surface area (Å²) >= 11 is 0. The Bertz CT molecular complexity index is 518. The first kappa shape index (κ1) is 26.4. The van der Waals surface area contributed by atoms with Gasteiger partial charge in [0.05, 0.1) is 19.8 Å². The summed E-state index contributed by atoms with van der Waals surface area (Å²) in [6.45, 7) is 6.87. The third-order valence-corrected chi connectivity index (χ3v) is 4.94. The molecule has 1 N–H and O–H groups in total. The fourth-order valence-corrected chi connectivity index (χ4v) is 3.25. The average molecular weight is 422 g/mol. The predicted molar refractivity (Wildman–Crippen MR) is 124 cm³/mol. The second-order valence-electron chi connectivity index (χ2n) is 7.81. The number of hydrogen-bond donors (Lipinski definition) is 1. The van der Waals surface area contributed by atoms with Crippen molar-refractivity contribution in [1.82, 2.24) is 0 Å². The number of benzene rings is 1. The van der Waals surface area contributed by atoms with Gasteiger partial charge >= 0.3 is 0 Å². The lowest BCUT2D eigenvalue weighted by Crippen LogP contribution is -2.11. The Morgan fingerprint density at radius 2 is 1.20 bits per heavy atom. The summed E-state index contributed by atoms with van der Waals surface area (Å²) in [6.07, 6.45) is 14.9. The van der Waals surface area contributed by atoms with E-state index in [2.05, 4.69) is 12.2 Å². The zero-order valence-corrected chi connectivity index (χ0v) is 19.3. The maximum Gasteiger partial charge on any atom is 0.221 e. The first-order valence-corrected chi connectivity index (χ1v) is 11.9. The molecular weight excluding hydrogens is 378 g/mol. The lowest BCUT2D eigenvalue weighted by molar-refractivity contribution is -0.114. The van der Waals surface area contributed by atoms with E-state index < -0.39 is 0 Å². The van der Waals surface area contributed by atoms with Crippen LogP contribution in [0.25, 0.3) is 0 Å². The number of unbranched alkanes of at least 4 members (excludes halogenated alkanes) is 10. The van der Waals surface area contributed by atoms with Gasteiger partial charge < -0.3 is 19.5 Å². The molecule has 5 heteroatoms. The van der Waals surface area contributed by atoms with Crippen molar-refractivity contribution in [3.05, 3.63) is 24.3 Å². The molecule has 0 aliphatic rings. The topological polar surface area (TPSA) is 56.8 Å². The summed E-state index contributed by atoms with van der Waals surface area (Å²) in [7, 11) is 0. The standard InChI is InChI=1S/C25H43NO4/c1-3-4-5-6-7-8-9-10-11-12-13-18-28-19-20-29-21-22-30-25-16-14-24(15-17-25)26-23(2)27/h14-17H,3-13,18-22H2,1-2H3,(H,26,27). The predicted octanol–water partition coefficient (Wildman–Crippen LogP) is 6.37. The molecule has 0 aromatic heterocycles. The third-order valence-electron chi connectivity index (χ3n) is 4.94. The molecular formula is C25H43NO4. The monoisotopic (exact) mass is 421 g/mol. The van der Waals surface area contributed by atoms with E-state index in [1.54, 1.807) is 0 Å².